The SMILES string of the molecule is CCCn1nccc1C(NN)c1cc(C)c(Br)s1. The van der Waals surface area contributed by atoms with E-state index >= 15 is 0 Å². The highest BCUT2D eigenvalue weighted by molar-refractivity contribution is 9.11. The quantitative estimate of drug-likeness (QED) is 0.655. The van der Waals surface area contributed by atoms with E-state index in [9.17, 15) is 0 Å². The molecule has 0 bridgehead atoms. The lowest BCUT2D eigenvalue weighted by Gasteiger charge is -2.16. The lowest BCUT2D eigenvalue weighted by Crippen LogP contribution is -2.30. The maximum absolute atomic E-state index is 5.72. The van der Waals surface area contributed by atoms with E-state index in [1.807, 2.05) is 16.9 Å². The van der Waals surface area contributed by atoms with Crippen molar-refractivity contribution < 1.29 is 0 Å². The van der Waals surface area contributed by atoms with Gasteiger partial charge in [0, 0.05) is 17.6 Å². The molecule has 0 saturated carbocycles. The zero-order valence-electron chi connectivity index (χ0n) is 10.5. The molecule has 3 N–H and O–H groups in total. The van der Waals surface area contributed by atoms with Gasteiger partial charge >= 0.3 is 0 Å². The summed E-state index contributed by atoms with van der Waals surface area (Å²) in [6.45, 7) is 5.13. The fraction of sp³-hybridized carbons (Fsp3) is 0.417. The Balaban J connectivity index is 2.35. The van der Waals surface area contributed by atoms with Crippen LogP contribution in [0.5, 0.6) is 0 Å². The summed E-state index contributed by atoms with van der Waals surface area (Å²) in [6, 6.07) is 4.17. The fourth-order valence-corrected chi connectivity index (χ4v) is 3.57. The first kappa shape index (κ1) is 13.7. The van der Waals surface area contributed by atoms with E-state index in [0.717, 1.165) is 22.4 Å². The summed E-state index contributed by atoms with van der Waals surface area (Å²) < 4.78 is 3.16. The van der Waals surface area contributed by atoms with Gasteiger partial charge in [-0.15, -0.1) is 11.3 Å². The van der Waals surface area contributed by atoms with E-state index in [2.05, 4.69) is 46.4 Å². The number of aryl methyl sites for hydroxylation is 2. The highest BCUT2D eigenvalue weighted by atomic mass is 79.9. The average molecular weight is 329 g/mol. The molecule has 2 aromatic rings. The Morgan fingerprint density at radius 2 is 2.39 bits per heavy atom. The first-order valence-electron chi connectivity index (χ1n) is 5.91. The van der Waals surface area contributed by atoms with E-state index < -0.39 is 0 Å². The summed E-state index contributed by atoms with van der Waals surface area (Å²) in [5.41, 5.74) is 5.23. The molecule has 0 radical (unpaired) electrons. The van der Waals surface area contributed by atoms with Crippen LogP contribution in [0.25, 0.3) is 0 Å². The van der Waals surface area contributed by atoms with Gasteiger partial charge in [-0.3, -0.25) is 10.5 Å². The molecule has 0 spiro atoms. The van der Waals surface area contributed by atoms with Crippen molar-refractivity contribution in [1.29, 1.82) is 0 Å². The molecule has 0 aliphatic rings. The number of halogens is 1. The number of nitrogens with zero attached hydrogens (tertiary/aromatic N) is 2. The predicted octanol–water partition coefficient (Wildman–Crippen LogP) is 2.98. The van der Waals surface area contributed by atoms with Crippen LogP contribution in [0.15, 0.2) is 22.1 Å². The second kappa shape index (κ2) is 5.97. The molecule has 0 fully saturated rings. The number of aromatic nitrogens is 2. The first-order chi connectivity index (χ1) is 8.67. The van der Waals surface area contributed by atoms with Gasteiger partial charge in [-0.1, -0.05) is 6.92 Å². The van der Waals surface area contributed by atoms with Crippen molar-refractivity contribution in [3.8, 4) is 0 Å². The zero-order valence-corrected chi connectivity index (χ0v) is 12.9. The van der Waals surface area contributed by atoms with Gasteiger partial charge in [-0.2, -0.15) is 5.10 Å². The monoisotopic (exact) mass is 328 g/mol. The standard InChI is InChI=1S/C12H17BrN4S/c1-3-6-17-9(4-5-15-17)11(16-14)10-7-8(2)12(13)18-10/h4-5,7,11,16H,3,6,14H2,1-2H3. The molecular formula is C12H17BrN4S. The Kier molecular flexibility index (Phi) is 4.55. The van der Waals surface area contributed by atoms with Gasteiger partial charge in [0.25, 0.3) is 0 Å². The Labute approximate surface area is 119 Å². The number of hydrogen-bond acceptors (Lipinski definition) is 4. The molecule has 0 saturated heterocycles. The average Bonchev–Trinajstić information content (AvgIpc) is 2.90. The number of hydrazine groups is 1. The molecular weight excluding hydrogens is 312 g/mol. The fourth-order valence-electron chi connectivity index (χ4n) is 1.93. The van der Waals surface area contributed by atoms with E-state index in [-0.39, 0.29) is 6.04 Å². The summed E-state index contributed by atoms with van der Waals surface area (Å²) in [5, 5.41) is 4.34. The van der Waals surface area contributed by atoms with Crippen LogP contribution in [-0.4, -0.2) is 9.78 Å². The minimum atomic E-state index is -0.00551. The third-order valence-corrected chi connectivity index (χ3v) is 5.01. The zero-order chi connectivity index (χ0) is 13.1. The molecule has 1 atom stereocenters. The highest BCUT2D eigenvalue weighted by Gasteiger charge is 2.19. The third-order valence-electron chi connectivity index (χ3n) is 2.81. The maximum Gasteiger partial charge on any atom is 0.0970 e. The van der Waals surface area contributed by atoms with Gasteiger partial charge in [0.2, 0.25) is 0 Å². The summed E-state index contributed by atoms with van der Waals surface area (Å²) in [7, 11) is 0. The lowest BCUT2D eigenvalue weighted by atomic mass is 10.1. The van der Waals surface area contributed by atoms with Crippen LogP contribution in [0.2, 0.25) is 0 Å². The van der Waals surface area contributed by atoms with Crippen LogP contribution >= 0.6 is 27.3 Å². The first-order valence-corrected chi connectivity index (χ1v) is 7.52. The second-order valence-corrected chi connectivity index (χ2v) is 6.59. The summed E-state index contributed by atoms with van der Waals surface area (Å²) in [5.74, 6) is 5.72. The van der Waals surface area contributed by atoms with Gasteiger partial charge in [-0.05, 0) is 47.0 Å². The van der Waals surface area contributed by atoms with Gasteiger partial charge in [0.15, 0.2) is 0 Å². The molecule has 0 aromatic carbocycles. The van der Waals surface area contributed by atoms with Gasteiger partial charge in [0.05, 0.1) is 15.5 Å². The van der Waals surface area contributed by atoms with Crippen LogP contribution in [0.1, 0.15) is 35.5 Å². The van der Waals surface area contributed by atoms with E-state index in [4.69, 9.17) is 5.84 Å². The molecule has 2 heterocycles. The minimum absolute atomic E-state index is 0.00551. The van der Waals surface area contributed by atoms with Crippen molar-refractivity contribution in [2.75, 3.05) is 0 Å². The Bertz CT molecular complexity index is 500. The molecule has 0 amide bonds. The molecule has 2 rings (SSSR count). The largest absolute Gasteiger partial charge is 0.270 e. The number of rotatable bonds is 5. The van der Waals surface area contributed by atoms with Crippen molar-refractivity contribution in [1.82, 2.24) is 15.2 Å². The van der Waals surface area contributed by atoms with Crippen molar-refractivity contribution in [2.45, 2.75) is 32.9 Å². The third kappa shape index (κ3) is 2.66. The van der Waals surface area contributed by atoms with Crippen LogP contribution < -0.4 is 11.3 Å². The Morgan fingerprint density at radius 3 is 2.94 bits per heavy atom. The number of nitrogens with one attached hydrogen (secondary N) is 1. The number of thiophene rings is 1. The highest BCUT2D eigenvalue weighted by Crippen LogP contribution is 2.33. The topological polar surface area (TPSA) is 55.9 Å². The summed E-state index contributed by atoms with van der Waals surface area (Å²) in [4.78, 5) is 1.19. The predicted molar refractivity (Wildman–Crippen MR) is 78.4 cm³/mol. The van der Waals surface area contributed by atoms with Gasteiger partial charge < -0.3 is 0 Å². The Hall–Kier alpha value is -0.690. The van der Waals surface area contributed by atoms with Gasteiger partial charge in [0.1, 0.15) is 0 Å². The van der Waals surface area contributed by atoms with Crippen LogP contribution in [0.3, 0.4) is 0 Å². The molecule has 0 aliphatic carbocycles. The molecule has 4 nitrogen and oxygen atoms in total. The maximum atomic E-state index is 5.72. The van der Waals surface area contributed by atoms with Gasteiger partial charge in [-0.25, -0.2) is 5.43 Å². The van der Waals surface area contributed by atoms with E-state index in [1.54, 1.807) is 11.3 Å². The normalized spacial score (nSPS) is 12.9. The molecule has 2 aromatic heterocycles. The minimum Gasteiger partial charge on any atom is -0.270 e. The van der Waals surface area contributed by atoms with Crippen LogP contribution in [0, 0.1) is 6.92 Å². The molecule has 0 aliphatic heterocycles. The second-order valence-electron chi connectivity index (χ2n) is 4.18. The summed E-state index contributed by atoms with van der Waals surface area (Å²) >= 11 is 5.26. The van der Waals surface area contributed by atoms with Crippen molar-refractivity contribution in [2.24, 2.45) is 5.84 Å². The lowest BCUT2D eigenvalue weighted by molar-refractivity contribution is 0.524. The molecule has 6 heteroatoms. The number of nitrogens with two attached hydrogens (primary N) is 1. The number of hydrogen-bond donors (Lipinski definition) is 2. The van der Waals surface area contributed by atoms with Crippen molar-refractivity contribution in [3.05, 3.63) is 38.3 Å². The van der Waals surface area contributed by atoms with Crippen LogP contribution in [-0.2, 0) is 6.54 Å². The van der Waals surface area contributed by atoms with E-state index in [1.165, 1.54) is 10.4 Å². The van der Waals surface area contributed by atoms with Crippen molar-refractivity contribution >= 4 is 27.3 Å². The summed E-state index contributed by atoms with van der Waals surface area (Å²) in [6.07, 6.45) is 2.88. The Morgan fingerprint density at radius 1 is 1.61 bits per heavy atom. The van der Waals surface area contributed by atoms with E-state index in [0.29, 0.717) is 0 Å². The molecule has 18 heavy (non-hydrogen) atoms. The smallest absolute Gasteiger partial charge is 0.0970 e. The van der Waals surface area contributed by atoms with Crippen molar-refractivity contribution in [3.63, 3.8) is 0 Å². The van der Waals surface area contributed by atoms with Crippen LogP contribution in [0.4, 0.5) is 0 Å². The molecule has 1 unspecified atom stereocenters. The molecule has 98 valence electrons.